The summed E-state index contributed by atoms with van der Waals surface area (Å²) in [6.07, 6.45) is 7.33. The summed E-state index contributed by atoms with van der Waals surface area (Å²) in [5, 5.41) is 1.34. The molecule has 3 rings (SSSR count). The Labute approximate surface area is 109 Å². The van der Waals surface area contributed by atoms with E-state index in [1.165, 1.54) is 55.2 Å². The molecule has 0 radical (unpaired) electrons. The maximum absolute atomic E-state index is 3.27. The Kier molecular flexibility index (Phi) is 3.37. The van der Waals surface area contributed by atoms with Gasteiger partial charge in [0.25, 0.3) is 0 Å². The summed E-state index contributed by atoms with van der Waals surface area (Å²) in [7, 11) is 0. The minimum absolute atomic E-state index is 0.637. The van der Waals surface area contributed by atoms with E-state index in [9.17, 15) is 0 Å². The van der Waals surface area contributed by atoms with Crippen LogP contribution in [0.2, 0.25) is 0 Å². The Hall–Kier alpha value is -1.28. The van der Waals surface area contributed by atoms with Gasteiger partial charge in [0.2, 0.25) is 0 Å². The van der Waals surface area contributed by atoms with Crippen LogP contribution in [0.25, 0.3) is 10.9 Å². The van der Waals surface area contributed by atoms with E-state index in [4.69, 9.17) is 0 Å². The number of rotatable bonds is 3. The van der Waals surface area contributed by atoms with Gasteiger partial charge < -0.3 is 4.98 Å². The molecular formula is C16H22N2. The van der Waals surface area contributed by atoms with Crippen molar-refractivity contribution in [2.45, 2.75) is 38.6 Å². The molecule has 0 spiro atoms. The second kappa shape index (κ2) is 5.15. The van der Waals surface area contributed by atoms with Gasteiger partial charge >= 0.3 is 0 Å². The van der Waals surface area contributed by atoms with E-state index in [0.29, 0.717) is 6.04 Å². The summed E-state index contributed by atoms with van der Waals surface area (Å²) in [5.41, 5.74) is 2.74. The normalized spacial score (nSPS) is 21.5. The zero-order valence-corrected chi connectivity index (χ0v) is 11.2. The fourth-order valence-electron chi connectivity index (χ4n) is 3.20. The first-order valence-electron chi connectivity index (χ1n) is 7.19. The van der Waals surface area contributed by atoms with Gasteiger partial charge in [-0.1, -0.05) is 19.4 Å². The van der Waals surface area contributed by atoms with E-state index in [2.05, 4.69) is 41.1 Å². The summed E-state index contributed by atoms with van der Waals surface area (Å²) >= 11 is 0. The lowest BCUT2D eigenvalue weighted by molar-refractivity contribution is 0.149. The van der Waals surface area contributed by atoms with Crippen molar-refractivity contribution in [2.75, 3.05) is 13.1 Å². The lowest BCUT2D eigenvalue weighted by atomic mass is 9.94. The third-order valence-electron chi connectivity index (χ3n) is 4.09. The fourth-order valence-corrected chi connectivity index (χ4v) is 3.20. The zero-order chi connectivity index (χ0) is 12.4. The molecule has 96 valence electrons. The van der Waals surface area contributed by atoms with Gasteiger partial charge in [0.1, 0.15) is 0 Å². The van der Waals surface area contributed by atoms with Crippen LogP contribution in [0.4, 0.5) is 0 Å². The fraction of sp³-hybridized carbons (Fsp3) is 0.500. The van der Waals surface area contributed by atoms with Gasteiger partial charge in [-0.25, -0.2) is 0 Å². The predicted molar refractivity (Wildman–Crippen MR) is 76.8 cm³/mol. The molecule has 18 heavy (non-hydrogen) atoms. The van der Waals surface area contributed by atoms with Crippen molar-refractivity contribution in [1.29, 1.82) is 0 Å². The van der Waals surface area contributed by atoms with Gasteiger partial charge in [-0.2, -0.15) is 0 Å². The Morgan fingerprint density at radius 3 is 3.11 bits per heavy atom. The van der Waals surface area contributed by atoms with E-state index in [1.54, 1.807) is 0 Å². The number of piperidine rings is 1. The summed E-state index contributed by atoms with van der Waals surface area (Å²) in [6.45, 7) is 4.78. The number of aromatic amines is 1. The van der Waals surface area contributed by atoms with Crippen LogP contribution in [-0.2, 0) is 0 Å². The van der Waals surface area contributed by atoms with Crippen LogP contribution in [0.15, 0.2) is 30.5 Å². The minimum atomic E-state index is 0.637. The molecule has 0 unspecified atom stereocenters. The van der Waals surface area contributed by atoms with Crippen molar-refractivity contribution in [3.8, 4) is 0 Å². The van der Waals surface area contributed by atoms with Crippen molar-refractivity contribution < 1.29 is 0 Å². The molecule has 1 aliphatic rings. The number of benzene rings is 1. The number of hydrogen-bond donors (Lipinski definition) is 1. The van der Waals surface area contributed by atoms with Gasteiger partial charge in [-0.15, -0.1) is 0 Å². The van der Waals surface area contributed by atoms with Crippen molar-refractivity contribution in [1.82, 2.24) is 9.88 Å². The van der Waals surface area contributed by atoms with Crippen molar-refractivity contribution in [2.24, 2.45) is 0 Å². The SMILES string of the molecule is CCCN1CCCC[C@H]1c1ccc2[nH]ccc2c1. The van der Waals surface area contributed by atoms with Gasteiger partial charge in [-0.05, 0) is 61.5 Å². The Bertz CT molecular complexity index is 513. The number of nitrogens with one attached hydrogen (secondary N) is 1. The first-order chi connectivity index (χ1) is 8.88. The Morgan fingerprint density at radius 1 is 1.28 bits per heavy atom. The van der Waals surface area contributed by atoms with Crippen molar-refractivity contribution in [3.05, 3.63) is 36.0 Å². The number of hydrogen-bond acceptors (Lipinski definition) is 1. The quantitative estimate of drug-likeness (QED) is 0.858. The predicted octanol–water partition coefficient (Wildman–Crippen LogP) is 4.10. The van der Waals surface area contributed by atoms with Gasteiger partial charge in [-0.3, -0.25) is 4.90 Å². The molecule has 0 amide bonds. The van der Waals surface area contributed by atoms with Gasteiger partial charge in [0, 0.05) is 17.8 Å². The molecule has 1 aromatic heterocycles. The maximum atomic E-state index is 3.27. The number of likely N-dealkylation sites (tertiary alicyclic amines) is 1. The number of H-pyrrole nitrogens is 1. The summed E-state index contributed by atoms with van der Waals surface area (Å²) < 4.78 is 0. The smallest absolute Gasteiger partial charge is 0.0454 e. The minimum Gasteiger partial charge on any atom is -0.361 e. The van der Waals surface area contributed by atoms with Crippen LogP contribution < -0.4 is 0 Å². The molecule has 1 saturated heterocycles. The molecule has 2 heterocycles. The molecule has 0 aliphatic carbocycles. The molecule has 2 nitrogen and oxygen atoms in total. The standard InChI is InChI=1S/C16H22N2/c1-2-10-18-11-4-3-5-16(18)14-6-7-15-13(12-14)8-9-17-15/h6-9,12,16-17H,2-5,10-11H2,1H3/t16-/m0/s1. The van der Waals surface area contributed by atoms with Crippen LogP contribution in [0.3, 0.4) is 0 Å². The van der Waals surface area contributed by atoms with Crippen LogP contribution in [-0.4, -0.2) is 23.0 Å². The van der Waals surface area contributed by atoms with E-state index >= 15 is 0 Å². The van der Waals surface area contributed by atoms with Crippen LogP contribution in [0, 0.1) is 0 Å². The monoisotopic (exact) mass is 242 g/mol. The average Bonchev–Trinajstić information content (AvgIpc) is 2.87. The van der Waals surface area contributed by atoms with Crippen LogP contribution in [0.5, 0.6) is 0 Å². The largest absolute Gasteiger partial charge is 0.361 e. The molecule has 0 bridgehead atoms. The molecule has 1 atom stereocenters. The highest BCUT2D eigenvalue weighted by atomic mass is 15.2. The second-order valence-electron chi connectivity index (χ2n) is 5.37. The third-order valence-corrected chi connectivity index (χ3v) is 4.09. The molecule has 1 aromatic carbocycles. The van der Waals surface area contributed by atoms with Gasteiger partial charge in [0.05, 0.1) is 0 Å². The van der Waals surface area contributed by atoms with E-state index in [-0.39, 0.29) is 0 Å². The molecular weight excluding hydrogens is 220 g/mol. The molecule has 1 aliphatic heterocycles. The number of aromatic nitrogens is 1. The first-order valence-corrected chi connectivity index (χ1v) is 7.19. The lowest BCUT2D eigenvalue weighted by Crippen LogP contribution is -2.33. The Morgan fingerprint density at radius 2 is 2.22 bits per heavy atom. The topological polar surface area (TPSA) is 19.0 Å². The van der Waals surface area contributed by atoms with Crippen LogP contribution in [0.1, 0.15) is 44.2 Å². The van der Waals surface area contributed by atoms with E-state index < -0.39 is 0 Å². The summed E-state index contributed by atoms with van der Waals surface area (Å²) in [6, 6.07) is 9.70. The van der Waals surface area contributed by atoms with E-state index in [0.717, 1.165) is 0 Å². The molecule has 2 heteroatoms. The average molecular weight is 242 g/mol. The highest BCUT2D eigenvalue weighted by molar-refractivity contribution is 5.80. The molecule has 1 N–H and O–H groups in total. The highest BCUT2D eigenvalue weighted by Gasteiger charge is 2.23. The van der Waals surface area contributed by atoms with Gasteiger partial charge in [0.15, 0.2) is 0 Å². The number of fused-ring (bicyclic) bond motifs is 1. The number of nitrogens with zero attached hydrogens (tertiary/aromatic N) is 1. The first kappa shape index (κ1) is 11.8. The van der Waals surface area contributed by atoms with Crippen molar-refractivity contribution >= 4 is 10.9 Å². The Balaban J connectivity index is 1.90. The lowest BCUT2D eigenvalue weighted by Gasteiger charge is -2.36. The molecule has 2 aromatic rings. The summed E-state index contributed by atoms with van der Waals surface area (Å²) in [4.78, 5) is 5.94. The summed E-state index contributed by atoms with van der Waals surface area (Å²) in [5.74, 6) is 0. The zero-order valence-electron chi connectivity index (χ0n) is 11.2. The highest BCUT2D eigenvalue weighted by Crippen LogP contribution is 2.32. The maximum Gasteiger partial charge on any atom is 0.0454 e. The molecule has 1 fully saturated rings. The second-order valence-corrected chi connectivity index (χ2v) is 5.37. The molecule has 0 saturated carbocycles. The third kappa shape index (κ3) is 2.17. The van der Waals surface area contributed by atoms with Crippen molar-refractivity contribution in [3.63, 3.8) is 0 Å². The van der Waals surface area contributed by atoms with E-state index in [1.807, 2.05) is 6.20 Å². The van der Waals surface area contributed by atoms with Crippen LogP contribution >= 0.6 is 0 Å².